The Morgan fingerprint density at radius 3 is 1.44 bits per heavy atom. The van der Waals surface area contributed by atoms with E-state index in [1.54, 1.807) is 0 Å². The molecule has 3 aromatic heterocycles. The highest BCUT2D eigenvalue weighted by Crippen LogP contribution is 2.41. The van der Waals surface area contributed by atoms with Crippen LogP contribution in [0.15, 0.2) is 173 Å². The molecule has 10 rings (SSSR count). The van der Waals surface area contributed by atoms with Crippen molar-refractivity contribution in [3.63, 3.8) is 0 Å². The van der Waals surface area contributed by atoms with Gasteiger partial charge < -0.3 is 8.83 Å². The lowest BCUT2D eigenvalue weighted by Crippen LogP contribution is -2.00. The van der Waals surface area contributed by atoms with Gasteiger partial charge in [0.2, 0.25) is 0 Å². The van der Waals surface area contributed by atoms with Crippen LogP contribution in [0.1, 0.15) is 0 Å². The maximum absolute atomic E-state index is 6.50. The molecule has 0 saturated heterocycles. The van der Waals surface area contributed by atoms with Crippen molar-refractivity contribution in [2.75, 3.05) is 0 Å². The van der Waals surface area contributed by atoms with E-state index in [-0.39, 0.29) is 0 Å². The average Bonchev–Trinajstić information content (AvgIpc) is 3.77. The Kier molecular flexibility index (Phi) is 6.42. The van der Waals surface area contributed by atoms with E-state index < -0.39 is 0 Å². The zero-order valence-corrected chi connectivity index (χ0v) is 26.7. The topological polar surface area (TPSA) is 65.0 Å². The molecular formula is C45H27N3O2. The molecule has 0 fully saturated rings. The summed E-state index contributed by atoms with van der Waals surface area (Å²) in [5.41, 5.74) is 10.4. The van der Waals surface area contributed by atoms with Crippen molar-refractivity contribution in [1.29, 1.82) is 0 Å². The second-order valence-electron chi connectivity index (χ2n) is 12.4. The first-order valence-electron chi connectivity index (χ1n) is 16.6. The van der Waals surface area contributed by atoms with Gasteiger partial charge in [0, 0.05) is 38.2 Å². The number of hydrogen-bond donors (Lipinski definition) is 0. The molecule has 7 aromatic carbocycles. The van der Waals surface area contributed by atoms with Crippen molar-refractivity contribution in [3.05, 3.63) is 164 Å². The molecule has 3 heterocycles. The van der Waals surface area contributed by atoms with Crippen LogP contribution in [-0.4, -0.2) is 15.0 Å². The molecule has 5 heteroatoms. The molecule has 10 aromatic rings. The Balaban J connectivity index is 1.17. The van der Waals surface area contributed by atoms with E-state index in [9.17, 15) is 0 Å². The van der Waals surface area contributed by atoms with Crippen molar-refractivity contribution in [3.8, 4) is 56.4 Å². The Bertz CT molecular complexity index is 2800. The first-order chi connectivity index (χ1) is 24.8. The fourth-order valence-electron chi connectivity index (χ4n) is 6.98. The van der Waals surface area contributed by atoms with Gasteiger partial charge in [0.25, 0.3) is 0 Å². The number of para-hydroxylation sites is 2. The molecule has 0 aliphatic heterocycles. The summed E-state index contributed by atoms with van der Waals surface area (Å²) in [6, 6.07) is 55.7. The molecule has 0 unspecified atom stereocenters. The van der Waals surface area contributed by atoms with Gasteiger partial charge in [-0.1, -0.05) is 133 Å². The number of aromatic nitrogens is 3. The third kappa shape index (κ3) is 4.67. The monoisotopic (exact) mass is 641 g/mol. The van der Waals surface area contributed by atoms with Crippen LogP contribution in [0, 0.1) is 0 Å². The van der Waals surface area contributed by atoms with Crippen LogP contribution >= 0.6 is 0 Å². The third-order valence-electron chi connectivity index (χ3n) is 9.35. The minimum absolute atomic E-state index is 0.589. The third-order valence-corrected chi connectivity index (χ3v) is 9.35. The Morgan fingerprint density at radius 1 is 0.300 bits per heavy atom. The molecule has 0 aliphatic carbocycles. The predicted molar refractivity (Wildman–Crippen MR) is 202 cm³/mol. The van der Waals surface area contributed by atoms with Crippen LogP contribution in [0.2, 0.25) is 0 Å². The van der Waals surface area contributed by atoms with Gasteiger partial charge in [-0.05, 0) is 52.6 Å². The number of fused-ring (bicyclic) bond motifs is 6. The minimum Gasteiger partial charge on any atom is -0.456 e. The summed E-state index contributed by atoms with van der Waals surface area (Å²) in [6.45, 7) is 0. The van der Waals surface area contributed by atoms with Crippen LogP contribution < -0.4 is 0 Å². The largest absolute Gasteiger partial charge is 0.456 e. The van der Waals surface area contributed by atoms with Gasteiger partial charge in [-0.3, -0.25) is 0 Å². The number of nitrogens with zero attached hydrogens (tertiary/aromatic N) is 3. The molecule has 0 bridgehead atoms. The van der Waals surface area contributed by atoms with E-state index in [0.29, 0.717) is 17.5 Å². The first-order valence-corrected chi connectivity index (χ1v) is 16.6. The molecule has 5 nitrogen and oxygen atoms in total. The van der Waals surface area contributed by atoms with Gasteiger partial charge in [0.1, 0.15) is 22.3 Å². The maximum Gasteiger partial charge on any atom is 0.164 e. The van der Waals surface area contributed by atoms with Crippen LogP contribution in [-0.2, 0) is 0 Å². The van der Waals surface area contributed by atoms with E-state index >= 15 is 0 Å². The molecular weight excluding hydrogens is 615 g/mol. The summed E-state index contributed by atoms with van der Waals surface area (Å²) in [4.78, 5) is 15.1. The zero-order valence-electron chi connectivity index (χ0n) is 26.7. The molecule has 0 saturated carbocycles. The van der Waals surface area contributed by atoms with Gasteiger partial charge in [-0.25, -0.2) is 15.0 Å². The highest BCUT2D eigenvalue weighted by atomic mass is 16.3. The maximum atomic E-state index is 6.50. The number of benzene rings is 7. The average molecular weight is 642 g/mol. The smallest absolute Gasteiger partial charge is 0.164 e. The second-order valence-corrected chi connectivity index (χ2v) is 12.4. The lowest BCUT2D eigenvalue weighted by atomic mass is 9.95. The lowest BCUT2D eigenvalue weighted by molar-refractivity contribution is 0.668. The van der Waals surface area contributed by atoms with Gasteiger partial charge in [0.15, 0.2) is 17.5 Å². The summed E-state index contributed by atoms with van der Waals surface area (Å²) in [5, 5.41) is 4.23. The van der Waals surface area contributed by atoms with Crippen LogP contribution in [0.3, 0.4) is 0 Å². The van der Waals surface area contributed by atoms with E-state index in [1.807, 2.05) is 97.1 Å². The standard InChI is InChI=1S/C45H27N3O2/c1-3-12-30(13-4-1)43-46-44(31-14-5-2-6-15-31)48-45(47-43)36-26-32(27-40-42(36)35-17-8-10-20-38(35)50-40)28-22-24-29(25-23-28)33-18-11-21-39-41(33)34-16-7-9-19-37(34)49-39/h1-27H. The van der Waals surface area contributed by atoms with Crippen molar-refractivity contribution < 1.29 is 8.83 Å². The van der Waals surface area contributed by atoms with E-state index in [0.717, 1.165) is 82.8 Å². The van der Waals surface area contributed by atoms with Crippen LogP contribution in [0.4, 0.5) is 0 Å². The lowest BCUT2D eigenvalue weighted by Gasteiger charge is -2.11. The SMILES string of the molecule is c1ccc(-c2nc(-c3ccccc3)nc(-c3cc(-c4ccc(-c5cccc6oc7ccccc7c56)cc4)cc4oc5ccccc5c34)n2)cc1. The number of hydrogen-bond acceptors (Lipinski definition) is 5. The Labute approximate surface area is 287 Å². The van der Waals surface area contributed by atoms with E-state index in [1.165, 1.54) is 0 Å². The van der Waals surface area contributed by atoms with Crippen molar-refractivity contribution >= 4 is 43.9 Å². The van der Waals surface area contributed by atoms with Crippen LogP contribution in [0.25, 0.3) is 100 Å². The summed E-state index contributed by atoms with van der Waals surface area (Å²) < 4.78 is 12.7. The molecule has 0 N–H and O–H groups in total. The molecule has 0 amide bonds. The predicted octanol–water partition coefficient (Wildman–Crippen LogP) is 12.0. The summed E-state index contributed by atoms with van der Waals surface area (Å²) in [5.74, 6) is 1.82. The van der Waals surface area contributed by atoms with Crippen molar-refractivity contribution in [2.24, 2.45) is 0 Å². The second kappa shape index (κ2) is 11.4. The Morgan fingerprint density at radius 2 is 0.800 bits per heavy atom. The minimum atomic E-state index is 0.589. The zero-order chi connectivity index (χ0) is 33.0. The van der Waals surface area contributed by atoms with Gasteiger partial charge in [0.05, 0.1) is 0 Å². The summed E-state index contributed by atoms with van der Waals surface area (Å²) in [6.07, 6.45) is 0. The quantitative estimate of drug-likeness (QED) is 0.187. The van der Waals surface area contributed by atoms with Gasteiger partial charge >= 0.3 is 0 Å². The van der Waals surface area contributed by atoms with Gasteiger partial charge in [-0.2, -0.15) is 0 Å². The molecule has 0 radical (unpaired) electrons. The number of furan rings is 2. The van der Waals surface area contributed by atoms with E-state index in [2.05, 4.69) is 66.7 Å². The van der Waals surface area contributed by atoms with Crippen molar-refractivity contribution in [1.82, 2.24) is 15.0 Å². The first kappa shape index (κ1) is 28.2. The van der Waals surface area contributed by atoms with Crippen LogP contribution in [0.5, 0.6) is 0 Å². The number of rotatable bonds is 5. The normalized spacial score (nSPS) is 11.6. The molecule has 234 valence electrons. The highest BCUT2D eigenvalue weighted by Gasteiger charge is 2.20. The van der Waals surface area contributed by atoms with E-state index in [4.69, 9.17) is 23.8 Å². The molecule has 0 atom stereocenters. The molecule has 50 heavy (non-hydrogen) atoms. The summed E-state index contributed by atoms with van der Waals surface area (Å²) >= 11 is 0. The molecule has 0 aliphatic rings. The fourth-order valence-corrected chi connectivity index (χ4v) is 6.98. The summed E-state index contributed by atoms with van der Waals surface area (Å²) in [7, 11) is 0. The fraction of sp³-hybridized carbons (Fsp3) is 0. The Hall–Kier alpha value is -6.85. The molecule has 0 spiro atoms. The highest BCUT2D eigenvalue weighted by molar-refractivity contribution is 6.14. The van der Waals surface area contributed by atoms with Gasteiger partial charge in [-0.15, -0.1) is 0 Å². The van der Waals surface area contributed by atoms with Crippen molar-refractivity contribution in [2.45, 2.75) is 0 Å².